The lowest BCUT2D eigenvalue weighted by Crippen LogP contribution is -2.48. The zero-order valence-corrected chi connectivity index (χ0v) is 18.0. The monoisotopic (exact) mass is 423 g/mol. The molecule has 1 aliphatic rings. The molecule has 3 aromatic rings. The van der Waals surface area contributed by atoms with Crippen LogP contribution in [0.1, 0.15) is 30.8 Å². The normalized spacial score (nSPS) is 18.9. The first kappa shape index (κ1) is 20.5. The van der Waals surface area contributed by atoms with Crippen molar-refractivity contribution in [2.75, 3.05) is 13.1 Å². The van der Waals surface area contributed by atoms with E-state index in [2.05, 4.69) is 21.5 Å². The maximum atomic E-state index is 12.6. The lowest BCUT2D eigenvalue weighted by molar-refractivity contribution is -0.142. The van der Waals surface area contributed by atoms with Gasteiger partial charge in [0.1, 0.15) is 5.75 Å². The topological polar surface area (TPSA) is 64.6 Å². The molecular weight excluding hydrogens is 398 g/mol. The molecule has 0 aliphatic carbocycles. The van der Waals surface area contributed by atoms with Gasteiger partial charge < -0.3 is 14.4 Å². The molecule has 0 bridgehead atoms. The van der Waals surface area contributed by atoms with Crippen molar-refractivity contribution in [1.29, 1.82) is 0 Å². The molecule has 0 saturated carbocycles. The number of nitrogens with zero attached hydrogens (tertiary/aromatic N) is 3. The Bertz CT molecular complexity index is 965. The van der Waals surface area contributed by atoms with Gasteiger partial charge in [-0.25, -0.2) is 0 Å². The van der Waals surface area contributed by atoms with Crippen LogP contribution >= 0.6 is 11.5 Å². The van der Waals surface area contributed by atoms with Gasteiger partial charge in [-0.3, -0.25) is 4.79 Å². The van der Waals surface area contributed by atoms with E-state index in [4.69, 9.17) is 9.47 Å². The fraction of sp³-hybridized carbons (Fsp3) is 0.348. The number of rotatable bonds is 6. The third-order valence-corrected chi connectivity index (χ3v) is 5.54. The minimum absolute atomic E-state index is 0.0761. The molecule has 4 rings (SSSR count). The molecule has 1 amide bonds. The Morgan fingerprint density at radius 3 is 2.47 bits per heavy atom. The van der Waals surface area contributed by atoms with Crippen LogP contribution in [0, 0.1) is 0 Å². The SMILES string of the molecule is CC1CN(C(=O)Cc2ccc(Oc3nc(Cc4ccccc4)ns3)cc2)CC(C)O1. The van der Waals surface area contributed by atoms with Gasteiger partial charge in [0.15, 0.2) is 5.82 Å². The van der Waals surface area contributed by atoms with E-state index >= 15 is 0 Å². The van der Waals surface area contributed by atoms with Crippen molar-refractivity contribution < 1.29 is 14.3 Å². The third-order valence-electron chi connectivity index (χ3n) is 4.91. The molecule has 0 spiro atoms. The Morgan fingerprint density at radius 2 is 1.77 bits per heavy atom. The molecule has 1 aromatic heterocycles. The highest BCUT2D eigenvalue weighted by molar-refractivity contribution is 7.07. The number of ether oxygens (including phenoxy) is 2. The van der Waals surface area contributed by atoms with Gasteiger partial charge >= 0.3 is 0 Å². The quantitative estimate of drug-likeness (QED) is 0.597. The Hall–Kier alpha value is -2.77. The van der Waals surface area contributed by atoms with E-state index in [1.54, 1.807) is 0 Å². The van der Waals surface area contributed by atoms with E-state index in [1.165, 1.54) is 17.1 Å². The van der Waals surface area contributed by atoms with Crippen molar-refractivity contribution in [3.63, 3.8) is 0 Å². The van der Waals surface area contributed by atoms with Crippen LogP contribution in [-0.4, -0.2) is 45.5 Å². The van der Waals surface area contributed by atoms with E-state index in [1.807, 2.05) is 61.2 Å². The summed E-state index contributed by atoms with van der Waals surface area (Å²) in [4.78, 5) is 19.0. The van der Waals surface area contributed by atoms with Crippen molar-refractivity contribution in [2.45, 2.75) is 38.9 Å². The predicted octanol–water partition coefficient (Wildman–Crippen LogP) is 4.10. The number of hydrogen-bond acceptors (Lipinski definition) is 6. The number of benzene rings is 2. The molecule has 2 heterocycles. The molecule has 2 atom stereocenters. The molecule has 1 fully saturated rings. The van der Waals surface area contributed by atoms with E-state index < -0.39 is 0 Å². The molecular formula is C23H25N3O3S. The fourth-order valence-corrected chi connectivity index (χ4v) is 4.14. The van der Waals surface area contributed by atoms with E-state index in [9.17, 15) is 4.79 Å². The number of amides is 1. The van der Waals surface area contributed by atoms with Crippen LogP contribution in [0.3, 0.4) is 0 Å². The number of hydrogen-bond donors (Lipinski definition) is 0. The standard InChI is InChI=1S/C23H25N3O3S/c1-16-14-26(15-17(2)28-16)22(27)13-19-8-10-20(11-9-19)29-23-24-21(25-30-23)12-18-6-4-3-5-7-18/h3-11,16-17H,12-15H2,1-2H3. The maximum Gasteiger partial charge on any atom is 0.298 e. The Labute approximate surface area is 180 Å². The summed E-state index contributed by atoms with van der Waals surface area (Å²) in [7, 11) is 0. The molecule has 7 heteroatoms. The summed E-state index contributed by atoms with van der Waals surface area (Å²) >= 11 is 1.24. The molecule has 2 aromatic carbocycles. The van der Waals surface area contributed by atoms with Gasteiger partial charge in [0.25, 0.3) is 5.19 Å². The average molecular weight is 424 g/mol. The number of carbonyl (C=O) groups is 1. The van der Waals surface area contributed by atoms with Gasteiger partial charge in [-0.05, 0) is 37.1 Å². The fourth-order valence-electron chi connectivity index (χ4n) is 3.57. The van der Waals surface area contributed by atoms with Crippen molar-refractivity contribution in [2.24, 2.45) is 0 Å². The Morgan fingerprint density at radius 1 is 1.07 bits per heavy atom. The second-order valence-electron chi connectivity index (χ2n) is 7.62. The summed E-state index contributed by atoms with van der Waals surface area (Å²) in [5, 5.41) is 0.515. The summed E-state index contributed by atoms with van der Waals surface area (Å²) in [6.45, 7) is 5.29. The van der Waals surface area contributed by atoms with Crippen LogP contribution in [0.15, 0.2) is 54.6 Å². The Kier molecular flexibility index (Phi) is 6.40. The Balaban J connectivity index is 1.32. The van der Waals surface area contributed by atoms with Crippen LogP contribution in [-0.2, 0) is 22.4 Å². The second-order valence-corrected chi connectivity index (χ2v) is 8.33. The van der Waals surface area contributed by atoms with Gasteiger partial charge in [0.2, 0.25) is 5.91 Å². The zero-order valence-electron chi connectivity index (χ0n) is 17.2. The van der Waals surface area contributed by atoms with Crippen molar-refractivity contribution in [1.82, 2.24) is 14.3 Å². The molecule has 2 unspecified atom stereocenters. The molecule has 0 radical (unpaired) electrons. The van der Waals surface area contributed by atoms with Crippen LogP contribution in [0.25, 0.3) is 0 Å². The van der Waals surface area contributed by atoms with Crippen molar-refractivity contribution >= 4 is 17.4 Å². The van der Waals surface area contributed by atoms with Crippen LogP contribution < -0.4 is 4.74 Å². The number of carbonyl (C=O) groups excluding carboxylic acids is 1. The van der Waals surface area contributed by atoms with Crippen LogP contribution in [0.5, 0.6) is 10.9 Å². The summed E-state index contributed by atoms with van der Waals surface area (Å²) < 4.78 is 15.9. The van der Waals surface area contributed by atoms with E-state index in [-0.39, 0.29) is 18.1 Å². The number of morpholine rings is 1. The zero-order chi connectivity index (χ0) is 20.9. The van der Waals surface area contributed by atoms with Gasteiger partial charge in [-0.15, -0.1) is 0 Å². The molecule has 0 N–H and O–H groups in total. The average Bonchev–Trinajstić information content (AvgIpc) is 3.16. The summed E-state index contributed by atoms with van der Waals surface area (Å²) in [5.41, 5.74) is 2.13. The highest BCUT2D eigenvalue weighted by atomic mass is 32.1. The first-order valence-electron chi connectivity index (χ1n) is 10.1. The second kappa shape index (κ2) is 9.36. The highest BCUT2D eigenvalue weighted by Gasteiger charge is 2.25. The largest absolute Gasteiger partial charge is 0.430 e. The minimum atomic E-state index is 0.0761. The lowest BCUT2D eigenvalue weighted by atomic mass is 10.1. The summed E-state index contributed by atoms with van der Waals surface area (Å²) in [6, 6.07) is 17.7. The smallest absolute Gasteiger partial charge is 0.298 e. The van der Waals surface area contributed by atoms with E-state index in [0.29, 0.717) is 36.9 Å². The van der Waals surface area contributed by atoms with Crippen LogP contribution in [0.4, 0.5) is 0 Å². The summed E-state index contributed by atoms with van der Waals surface area (Å²) in [5.74, 6) is 1.56. The van der Waals surface area contributed by atoms with Gasteiger partial charge in [0, 0.05) is 31.0 Å². The number of aromatic nitrogens is 2. The molecule has 1 aliphatic heterocycles. The first-order valence-corrected chi connectivity index (χ1v) is 10.9. The predicted molar refractivity (Wildman–Crippen MR) is 116 cm³/mol. The lowest BCUT2D eigenvalue weighted by Gasteiger charge is -2.35. The molecule has 30 heavy (non-hydrogen) atoms. The summed E-state index contributed by atoms with van der Waals surface area (Å²) in [6.07, 6.45) is 1.21. The van der Waals surface area contributed by atoms with Gasteiger partial charge in [0.05, 0.1) is 18.6 Å². The van der Waals surface area contributed by atoms with E-state index in [0.717, 1.165) is 11.4 Å². The van der Waals surface area contributed by atoms with Gasteiger partial charge in [-0.1, -0.05) is 42.5 Å². The highest BCUT2D eigenvalue weighted by Crippen LogP contribution is 2.24. The molecule has 156 valence electrons. The van der Waals surface area contributed by atoms with Crippen LogP contribution in [0.2, 0.25) is 0 Å². The van der Waals surface area contributed by atoms with Gasteiger partial charge in [-0.2, -0.15) is 9.36 Å². The molecule has 6 nitrogen and oxygen atoms in total. The molecule has 1 saturated heterocycles. The van der Waals surface area contributed by atoms with Crippen molar-refractivity contribution in [3.05, 3.63) is 71.5 Å². The first-order chi connectivity index (χ1) is 14.5. The third kappa shape index (κ3) is 5.43. The van der Waals surface area contributed by atoms with Crippen molar-refractivity contribution in [3.8, 4) is 10.9 Å². The minimum Gasteiger partial charge on any atom is -0.430 e. The maximum absolute atomic E-state index is 12.6.